The third-order valence-corrected chi connectivity index (χ3v) is 4.57. The average molecular weight is 380 g/mol. The van der Waals surface area contributed by atoms with Crippen molar-refractivity contribution < 1.29 is 4.79 Å². The average Bonchev–Trinajstić information content (AvgIpc) is 2.67. The van der Waals surface area contributed by atoms with Gasteiger partial charge in [0.2, 0.25) is 0 Å². The molecule has 1 amide bonds. The van der Waals surface area contributed by atoms with Crippen molar-refractivity contribution in [1.82, 2.24) is 10.3 Å². The highest BCUT2D eigenvalue weighted by atomic mass is 35.5. The first-order chi connectivity index (χ1) is 13.1. The van der Waals surface area contributed by atoms with E-state index in [2.05, 4.69) is 15.6 Å². The van der Waals surface area contributed by atoms with E-state index in [0.717, 1.165) is 40.4 Å². The van der Waals surface area contributed by atoms with Gasteiger partial charge < -0.3 is 10.6 Å². The first-order valence-electron chi connectivity index (χ1n) is 8.88. The molecule has 0 radical (unpaired) electrons. The number of pyridine rings is 1. The lowest BCUT2D eigenvalue weighted by atomic mass is 10.1. The zero-order valence-corrected chi connectivity index (χ0v) is 16.0. The maximum Gasteiger partial charge on any atom is 0.253 e. The van der Waals surface area contributed by atoms with E-state index in [9.17, 15) is 4.79 Å². The number of halogens is 1. The molecule has 0 spiro atoms. The Bertz CT molecular complexity index is 927. The minimum Gasteiger partial charge on any atom is -0.383 e. The molecule has 0 aliphatic rings. The minimum atomic E-state index is -0.135. The van der Waals surface area contributed by atoms with Crippen molar-refractivity contribution in [2.45, 2.75) is 19.9 Å². The molecule has 27 heavy (non-hydrogen) atoms. The number of carbonyl (C=O) groups is 1. The summed E-state index contributed by atoms with van der Waals surface area (Å²) in [6, 6.07) is 17.6. The Labute approximate surface area is 164 Å². The Hall–Kier alpha value is -2.85. The second-order valence-corrected chi connectivity index (χ2v) is 6.81. The Morgan fingerprint density at radius 2 is 1.93 bits per heavy atom. The summed E-state index contributed by atoms with van der Waals surface area (Å²) < 4.78 is 0. The summed E-state index contributed by atoms with van der Waals surface area (Å²) in [4.78, 5) is 16.6. The number of anilines is 1. The highest BCUT2D eigenvalue weighted by Gasteiger charge is 2.07. The maximum absolute atomic E-state index is 12.4. The van der Waals surface area contributed by atoms with Crippen LogP contribution in [0.25, 0.3) is 0 Å². The summed E-state index contributed by atoms with van der Waals surface area (Å²) in [7, 11) is 0. The van der Waals surface area contributed by atoms with Crippen LogP contribution in [-0.2, 0) is 13.0 Å². The van der Waals surface area contributed by atoms with Gasteiger partial charge in [0.1, 0.15) is 0 Å². The van der Waals surface area contributed by atoms with E-state index in [0.29, 0.717) is 12.1 Å². The summed E-state index contributed by atoms with van der Waals surface area (Å²) in [5.41, 5.74) is 4.79. The number of hydrogen-bond acceptors (Lipinski definition) is 3. The van der Waals surface area contributed by atoms with E-state index in [1.54, 1.807) is 12.4 Å². The molecule has 2 N–H and O–H groups in total. The molecular weight excluding hydrogens is 358 g/mol. The van der Waals surface area contributed by atoms with Crippen LogP contribution in [0.15, 0.2) is 67.0 Å². The summed E-state index contributed by atoms with van der Waals surface area (Å²) in [6.07, 6.45) is 4.13. The van der Waals surface area contributed by atoms with E-state index >= 15 is 0 Å². The third kappa shape index (κ3) is 5.56. The van der Waals surface area contributed by atoms with E-state index in [1.165, 1.54) is 0 Å². The van der Waals surface area contributed by atoms with Crippen molar-refractivity contribution in [3.8, 4) is 0 Å². The summed E-state index contributed by atoms with van der Waals surface area (Å²) >= 11 is 6.01. The van der Waals surface area contributed by atoms with Crippen LogP contribution < -0.4 is 10.6 Å². The predicted molar refractivity (Wildman–Crippen MR) is 110 cm³/mol. The molecule has 3 aromatic rings. The highest BCUT2D eigenvalue weighted by Crippen LogP contribution is 2.13. The van der Waals surface area contributed by atoms with Gasteiger partial charge in [0, 0.05) is 30.5 Å². The number of benzene rings is 2. The second kappa shape index (κ2) is 9.19. The first-order valence-corrected chi connectivity index (χ1v) is 9.26. The molecule has 138 valence electrons. The number of nitrogens with one attached hydrogen (secondary N) is 2. The molecule has 4 nitrogen and oxygen atoms in total. The maximum atomic E-state index is 12.4. The topological polar surface area (TPSA) is 54.0 Å². The summed E-state index contributed by atoms with van der Waals surface area (Å²) in [6.45, 7) is 3.27. The van der Waals surface area contributed by atoms with E-state index in [4.69, 9.17) is 11.6 Å². The zero-order chi connectivity index (χ0) is 19.1. The normalized spacial score (nSPS) is 10.4. The molecular formula is C22H22ClN3O. The van der Waals surface area contributed by atoms with E-state index in [-0.39, 0.29) is 5.91 Å². The van der Waals surface area contributed by atoms with Crippen LogP contribution in [0, 0.1) is 6.92 Å². The Morgan fingerprint density at radius 1 is 1.07 bits per heavy atom. The lowest BCUT2D eigenvalue weighted by Gasteiger charge is -2.10. The molecule has 0 aliphatic carbocycles. The van der Waals surface area contributed by atoms with Gasteiger partial charge in [-0.1, -0.05) is 48.0 Å². The van der Waals surface area contributed by atoms with Crippen LogP contribution in [0.4, 0.5) is 5.69 Å². The number of rotatable bonds is 7. The Balaban J connectivity index is 1.54. The van der Waals surface area contributed by atoms with Gasteiger partial charge in [-0.25, -0.2) is 0 Å². The van der Waals surface area contributed by atoms with Gasteiger partial charge in [0.25, 0.3) is 5.91 Å². The fourth-order valence-electron chi connectivity index (χ4n) is 2.79. The van der Waals surface area contributed by atoms with E-state index in [1.807, 2.05) is 61.5 Å². The van der Waals surface area contributed by atoms with Gasteiger partial charge >= 0.3 is 0 Å². The lowest BCUT2D eigenvalue weighted by Crippen LogP contribution is -2.23. The molecule has 0 fully saturated rings. The SMILES string of the molecule is Cc1ccccc1CNC(=O)c1cncc(NCCc2cccc(Cl)c2)c1. The zero-order valence-electron chi connectivity index (χ0n) is 15.2. The number of aromatic nitrogens is 1. The molecule has 0 aliphatic heterocycles. The van der Waals surface area contributed by atoms with Crippen LogP contribution in [0.3, 0.4) is 0 Å². The van der Waals surface area contributed by atoms with Crippen molar-refractivity contribution >= 4 is 23.2 Å². The van der Waals surface area contributed by atoms with E-state index < -0.39 is 0 Å². The van der Waals surface area contributed by atoms with Crippen molar-refractivity contribution in [2.75, 3.05) is 11.9 Å². The van der Waals surface area contributed by atoms with Crippen LogP contribution in [-0.4, -0.2) is 17.4 Å². The fraction of sp³-hybridized carbons (Fsp3) is 0.182. The van der Waals surface area contributed by atoms with Crippen molar-refractivity contribution in [3.05, 3.63) is 94.3 Å². The molecule has 0 bridgehead atoms. The van der Waals surface area contributed by atoms with Gasteiger partial charge in [-0.15, -0.1) is 0 Å². The lowest BCUT2D eigenvalue weighted by molar-refractivity contribution is 0.0950. The van der Waals surface area contributed by atoms with Crippen molar-refractivity contribution in [3.63, 3.8) is 0 Å². The second-order valence-electron chi connectivity index (χ2n) is 6.38. The van der Waals surface area contributed by atoms with Gasteiger partial charge in [-0.3, -0.25) is 9.78 Å². The van der Waals surface area contributed by atoms with Gasteiger partial charge in [0.15, 0.2) is 0 Å². The highest BCUT2D eigenvalue weighted by molar-refractivity contribution is 6.30. The van der Waals surface area contributed by atoms with Crippen LogP contribution in [0.5, 0.6) is 0 Å². The number of amides is 1. The number of aryl methyl sites for hydroxylation is 1. The number of nitrogens with zero attached hydrogens (tertiary/aromatic N) is 1. The number of carbonyl (C=O) groups excluding carboxylic acids is 1. The Kier molecular flexibility index (Phi) is 6.44. The molecule has 2 aromatic carbocycles. The molecule has 5 heteroatoms. The number of hydrogen-bond donors (Lipinski definition) is 2. The monoisotopic (exact) mass is 379 g/mol. The minimum absolute atomic E-state index is 0.135. The van der Waals surface area contributed by atoms with Crippen molar-refractivity contribution in [1.29, 1.82) is 0 Å². The molecule has 0 unspecified atom stereocenters. The van der Waals surface area contributed by atoms with Gasteiger partial charge in [-0.2, -0.15) is 0 Å². The summed E-state index contributed by atoms with van der Waals surface area (Å²) in [5.74, 6) is -0.135. The largest absolute Gasteiger partial charge is 0.383 e. The first kappa shape index (κ1) is 18.9. The van der Waals surface area contributed by atoms with Crippen LogP contribution in [0.1, 0.15) is 27.0 Å². The summed E-state index contributed by atoms with van der Waals surface area (Å²) in [5, 5.41) is 6.99. The predicted octanol–water partition coefficient (Wildman–Crippen LogP) is 4.63. The molecule has 0 saturated carbocycles. The van der Waals surface area contributed by atoms with Crippen LogP contribution >= 0.6 is 11.6 Å². The molecule has 0 saturated heterocycles. The van der Waals surface area contributed by atoms with Gasteiger partial charge in [0.05, 0.1) is 11.3 Å². The molecule has 1 aromatic heterocycles. The molecule has 0 atom stereocenters. The third-order valence-electron chi connectivity index (χ3n) is 4.33. The molecule has 1 heterocycles. The van der Waals surface area contributed by atoms with Crippen LogP contribution in [0.2, 0.25) is 5.02 Å². The fourth-order valence-corrected chi connectivity index (χ4v) is 3.00. The Morgan fingerprint density at radius 3 is 2.74 bits per heavy atom. The van der Waals surface area contributed by atoms with Gasteiger partial charge in [-0.05, 0) is 48.2 Å². The standard InChI is InChI=1S/C22H22ClN3O/c1-16-5-2-3-7-18(16)14-26-22(27)19-12-21(15-24-13-19)25-10-9-17-6-4-8-20(23)11-17/h2-8,11-13,15,25H,9-10,14H2,1H3,(H,26,27). The molecule has 3 rings (SSSR count). The van der Waals surface area contributed by atoms with Crippen molar-refractivity contribution in [2.24, 2.45) is 0 Å². The quantitative estimate of drug-likeness (QED) is 0.629. The smallest absolute Gasteiger partial charge is 0.253 e.